The lowest BCUT2D eigenvalue weighted by Gasteiger charge is -2.38. The number of nitrogens with one attached hydrogen (secondary N) is 1. The maximum atomic E-state index is 13.4. The summed E-state index contributed by atoms with van der Waals surface area (Å²) in [5, 5.41) is 2.90. The molecule has 1 aromatic carbocycles. The van der Waals surface area contributed by atoms with E-state index in [0.29, 0.717) is 5.75 Å². The number of rotatable bonds is 1. The Labute approximate surface area is 162 Å². The van der Waals surface area contributed by atoms with Crippen LogP contribution in [0.25, 0.3) is 0 Å². The third-order valence-corrected chi connectivity index (χ3v) is 8.06. The second kappa shape index (κ2) is 5.50. The summed E-state index contributed by atoms with van der Waals surface area (Å²) in [6.07, 6.45) is 3.69. The minimum Gasteiger partial charge on any atom is -0.323 e. The van der Waals surface area contributed by atoms with E-state index in [1.165, 1.54) is 16.7 Å². The summed E-state index contributed by atoms with van der Waals surface area (Å²) in [6.45, 7) is 4.47. The Balaban J connectivity index is 1.51. The molecule has 0 radical (unpaired) electrons. The van der Waals surface area contributed by atoms with E-state index in [1.807, 2.05) is 24.3 Å². The van der Waals surface area contributed by atoms with Gasteiger partial charge >= 0.3 is 6.03 Å². The first-order chi connectivity index (χ1) is 12.8. The van der Waals surface area contributed by atoms with E-state index in [9.17, 15) is 14.4 Å². The van der Waals surface area contributed by atoms with Crippen molar-refractivity contribution < 1.29 is 14.4 Å². The molecule has 7 heteroatoms. The summed E-state index contributed by atoms with van der Waals surface area (Å²) in [4.78, 5) is 41.4. The molecule has 1 aliphatic carbocycles. The van der Waals surface area contributed by atoms with Crippen LogP contribution in [0.4, 0.5) is 10.5 Å². The van der Waals surface area contributed by atoms with Crippen LogP contribution < -0.4 is 5.32 Å². The molecule has 1 saturated carbocycles. The Morgan fingerprint density at radius 1 is 1.11 bits per heavy atom. The number of anilines is 1. The van der Waals surface area contributed by atoms with Crippen LogP contribution in [0.2, 0.25) is 0 Å². The molecule has 2 atom stereocenters. The van der Waals surface area contributed by atoms with Gasteiger partial charge in [-0.05, 0) is 37.2 Å². The average molecular weight is 385 g/mol. The van der Waals surface area contributed by atoms with E-state index in [0.717, 1.165) is 36.9 Å². The van der Waals surface area contributed by atoms with Gasteiger partial charge in [-0.15, -0.1) is 11.8 Å². The number of hydrogen-bond acceptors (Lipinski definition) is 4. The molecule has 1 spiro atoms. The molecule has 4 aliphatic rings. The Morgan fingerprint density at radius 2 is 1.81 bits per heavy atom. The minimum atomic E-state index is -1.11. The number of para-hydroxylation sites is 1. The summed E-state index contributed by atoms with van der Waals surface area (Å²) < 4.78 is 0. The van der Waals surface area contributed by atoms with Crippen molar-refractivity contribution in [3.63, 3.8) is 0 Å². The Morgan fingerprint density at radius 3 is 2.56 bits per heavy atom. The van der Waals surface area contributed by atoms with Crippen molar-refractivity contribution in [2.45, 2.75) is 56.5 Å². The average Bonchev–Trinajstić information content (AvgIpc) is 3.24. The minimum absolute atomic E-state index is 0.0506. The first-order valence-corrected chi connectivity index (χ1v) is 10.5. The van der Waals surface area contributed by atoms with Crippen molar-refractivity contribution in [1.29, 1.82) is 0 Å². The van der Waals surface area contributed by atoms with Crippen LogP contribution in [0.3, 0.4) is 0 Å². The van der Waals surface area contributed by atoms with E-state index >= 15 is 0 Å². The molecule has 2 saturated heterocycles. The molecular formula is C20H23N3O3S. The van der Waals surface area contributed by atoms with Gasteiger partial charge in [0.15, 0.2) is 4.87 Å². The van der Waals surface area contributed by atoms with Crippen LogP contribution in [-0.4, -0.2) is 45.5 Å². The number of nitrogens with zero attached hydrogens (tertiary/aromatic N) is 2. The highest BCUT2D eigenvalue weighted by atomic mass is 32.2. The number of hydrogen-bond donors (Lipinski definition) is 1. The van der Waals surface area contributed by atoms with Crippen LogP contribution >= 0.6 is 11.8 Å². The lowest BCUT2D eigenvalue weighted by molar-refractivity contribution is -0.130. The Hall–Kier alpha value is -2.02. The van der Waals surface area contributed by atoms with E-state index in [-0.39, 0.29) is 29.3 Å². The number of imide groups is 1. The highest BCUT2D eigenvalue weighted by Crippen LogP contribution is 2.56. The molecule has 5 rings (SSSR count). The molecule has 27 heavy (non-hydrogen) atoms. The van der Waals surface area contributed by atoms with Crippen LogP contribution in [-0.2, 0) is 14.5 Å². The van der Waals surface area contributed by atoms with Crippen molar-refractivity contribution in [2.24, 2.45) is 5.41 Å². The third-order valence-electron chi connectivity index (χ3n) is 6.56. The predicted molar refractivity (Wildman–Crippen MR) is 103 cm³/mol. The Bertz CT molecular complexity index is 860. The van der Waals surface area contributed by atoms with Crippen molar-refractivity contribution in [2.75, 3.05) is 11.1 Å². The van der Waals surface area contributed by atoms with Crippen LogP contribution in [0.5, 0.6) is 0 Å². The monoisotopic (exact) mass is 385 g/mol. The zero-order valence-corrected chi connectivity index (χ0v) is 16.3. The van der Waals surface area contributed by atoms with Gasteiger partial charge < -0.3 is 5.32 Å². The van der Waals surface area contributed by atoms with Crippen LogP contribution in [0.1, 0.15) is 45.1 Å². The van der Waals surface area contributed by atoms with Gasteiger partial charge in [-0.3, -0.25) is 19.4 Å². The normalized spacial score (nSPS) is 32.2. The fraction of sp³-hybridized carbons (Fsp3) is 0.550. The maximum Gasteiger partial charge on any atom is 0.329 e. The lowest BCUT2D eigenvalue weighted by Crippen LogP contribution is -2.50. The number of amides is 4. The van der Waals surface area contributed by atoms with Gasteiger partial charge in [0.1, 0.15) is 6.04 Å². The molecule has 3 heterocycles. The van der Waals surface area contributed by atoms with Gasteiger partial charge in [-0.25, -0.2) is 4.79 Å². The van der Waals surface area contributed by atoms with Crippen molar-refractivity contribution in [3.8, 4) is 0 Å². The van der Waals surface area contributed by atoms with E-state index in [4.69, 9.17) is 0 Å². The fourth-order valence-electron chi connectivity index (χ4n) is 4.96. The highest BCUT2D eigenvalue weighted by molar-refractivity contribution is 8.01. The van der Waals surface area contributed by atoms with Gasteiger partial charge in [0.05, 0.1) is 0 Å². The Kier molecular flexibility index (Phi) is 3.48. The number of thioether (sulfide) groups is 1. The lowest BCUT2D eigenvalue weighted by atomic mass is 9.75. The molecule has 4 amide bonds. The summed E-state index contributed by atoms with van der Waals surface area (Å²) in [5.41, 5.74) is 1.78. The van der Waals surface area contributed by atoms with Crippen molar-refractivity contribution in [3.05, 3.63) is 29.8 Å². The second-order valence-corrected chi connectivity index (χ2v) is 9.94. The van der Waals surface area contributed by atoms with Gasteiger partial charge in [0.2, 0.25) is 0 Å². The fourth-order valence-corrected chi connectivity index (χ4v) is 6.51. The summed E-state index contributed by atoms with van der Waals surface area (Å²) in [7, 11) is 0. The molecule has 6 nitrogen and oxygen atoms in total. The second-order valence-electron chi connectivity index (χ2n) is 8.73. The predicted octanol–water partition coefficient (Wildman–Crippen LogP) is 3.14. The van der Waals surface area contributed by atoms with Crippen LogP contribution in [0, 0.1) is 5.41 Å². The van der Waals surface area contributed by atoms with Crippen molar-refractivity contribution >= 4 is 35.3 Å². The quantitative estimate of drug-likeness (QED) is 0.754. The van der Waals surface area contributed by atoms with E-state index in [2.05, 4.69) is 19.2 Å². The SMILES string of the molecule is CC1(C)CCC(N2C(=O)[C@@H]3CS[C@]4(C(=O)Nc5ccccc54)N3C2=O)CC1. The number of urea groups is 1. The molecule has 0 bridgehead atoms. The van der Waals surface area contributed by atoms with Gasteiger partial charge in [0, 0.05) is 23.0 Å². The highest BCUT2D eigenvalue weighted by Gasteiger charge is 2.66. The van der Waals surface area contributed by atoms with Gasteiger partial charge in [-0.2, -0.15) is 0 Å². The standard InChI is InChI=1S/C20H23N3O3S/c1-19(2)9-7-12(8-10-19)22-16(24)15-11-27-20(23(15)18(22)26)13-5-3-4-6-14(13)21-17(20)25/h3-6,12,15H,7-11H2,1-2H3,(H,21,25)/t15-,20+/m0/s1. The summed E-state index contributed by atoms with van der Waals surface area (Å²) in [5.74, 6) is 0.108. The first kappa shape index (κ1) is 17.1. The zero-order valence-electron chi connectivity index (χ0n) is 15.5. The molecule has 3 fully saturated rings. The number of carbonyl (C=O) groups is 3. The van der Waals surface area contributed by atoms with Gasteiger partial charge in [-0.1, -0.05) is 32.0 Å². The van der Waals surface area contributed by atoms with E-state index < -0.39 is 10.9 Å². The topological polar surface area (TPSA) is 69.7 Å². The molecule has 0 unspecified atom stereocenters. The van der Waals surface area contributed by atoms with Crippen LogP contribution in [0.15, 0.2) is 24.3 Å². The summed E-state index contributed by atoms with van der Waals surface area (Å²) in [6, 6.07) is 6.57. The smallest absolute Gasteiger partial charge is 0.323 e. The maximum absolute atomic E-state index is 13.4. The van der Waals surface area contributed by atoms with E-state index in [1.54, 1.807) is 4.90 Å². The number of benzene rings is 1. The zero-order chi connectivity index (χ0) is 19.0. The third kappa shape index (κ3) is 2.18. The number of carbonyl (C=O) groups excluding carboxylic acids is 3. The molecular weight excluding hydrogens is 362 g/mol. The molecule has 0 aromatic heterocycles. The van der Waals surface area contributed by atoms with Crippen molar-refractivity contribution in [1.82, 2.24) is 9.80 Å². The number of fused-ring (bicyclic) bond motifs is 4. The first-order valence-electron chi connectivity index (χ1n) is 9.56. The van der Waals surface area contributed by atoms with Gasteiger partial charge in [0.25, 0.3) is 11.8 Å². The molecule has 1 N–H and O–H groups in total. The summed E-state index contributed by atoms with van der Waals surface area (Å²) >= 11 is 1.40. The largest absolute Gasteiger partial charge is 0.329 e. The molecule has 142 valence electrons. The molecule has 3 aliphatic heterocycles. The molecule has 1 aromatic rings.